The molecule has 0 aliphatic heterocycles. The van der Waals surface area contributed by atoms with E-state index in [0.29, 0.717) is 15.8 Å². The van der Waals surface area contributed by atoms with Gasteiger partial charge in [0.25, 0.3) is 11.5 Å². The Labute approximate surface area is 184 Å². The third kappa shape index (κ3) is 5.02. The second kappa shape index (κ2) is 8.63. The number of benzene rings is 1. The van der Waals surface area contributed by atoms with Crippen LogP contribution < -0.4 is 10.9 Å². The highest BCUT2D eigenvalue weighted by Crippen LogP contribution is 2.27. The van der Waals surface area contributed by atoms with Crippen LogP contribution in [0.1, 0.15) is 66.0 Å². The quantitative estimate of drug-likeness (QED) is 0.584. The van der Waals surface area contributed by atoms with Gasteiger partial charge in [0.05, 0.1) is 5.39 Å². The largest absolute Gasteiger partial charge is 0.453 e. The lowest BCUT2D eigenvalue weighted by atomic mass is 9.87. The van der Waals surface area contributed by atoms with Crippen molar-refractivity contribution in [3.05, 3.63) is 62.0 Å². The van der Waals surface area contributed by atoms with Crippen molar-refractivity contribution in [2.24, 2.45) is 0 Å². The van der Waals surface area contributed by atoms with Crippen molar-refractivity contribution in [2.45, 2.75) is 53.1 Å². The van der Waals surface area contributed by atoms with E-state index in [-0.39, 0.29) is 29.3 Å². The summed E-state index contributed by atoms with van der Waals surface area (Å²) in [5.74, 6) is -0.702. The highest BCUT2D eigenvalue weighted by molar-refractivity contribution is 7.18. The highest BCUT2D eigenvalue weighted by Gasteiger charge is 2.19. The lowest BCUT2D eigenvalue weighted by molar-refractivity contribution is -0.147. The standard InChI is InChI=1S/C23H27N3O4S/c1-12-14(3)31-22-18(12)21(29)25-19(26-22)13(2)30-17(27)11-24-20(28)15-7-9-16(10-8-15)23(4,5)6/h7-10,13H,11H2,1-6H3,(H,24,28)(H,25,26,29). The number of aromatic amines is 1. The SMILES string of the molecule is Cc1sc2nc(C(C)OC(=O)CNC(=O)c3ccc(C(C)(C)C)cc3)[nH]c(=O)c2c1C. The molecule has 2 N–H and O–H groups in total. The summed E-state index contributed by atoms with van der Waals surface area (Å²) >= 11 is 1.43. The molecule has 0 saturated heterocycles. The van der Waals surface area contributed by atoms with E-state index in [9.17, 15) is 14.4 Å². The Bertz CT molecular complexity index is 1190. The van der Waals surface area contributed by atoms with E-state index in [4.69, 9.17) is 4.74 Å². The summed E-state index contributed by atoms with van der Waals surface area (Å²) < 4.78 is 5.35. The molecule has 1 atom stereocenters. The van der Waals surface area contributed by atoms with Gasteiger partial charge in [-0.1, -0.05) is 32.9 Å². The van der Waals surface area contributed by atoms with Gasteiger partial charge in [0.2, 0.25) is 0 Å². The predicted octanol–water partition coefficient (Wildman–Crippen LogP) is 3.93. The van der Waals surface area contributed by atoms with Crippen molar-refractivity contribution >= 4 is 33.4 Å². The topological polar surface area (TPSA) is 101 Å². The summed E-state index contributed by atoms with van der Waals surface area (Å²) in [6, 6.07) is 7.28. The number of hydrogen-bond donors (Lipinski definition) is 2. The minimum atomic E-state index is -0.754. The van der Waals surface area contributed by atoms with Crippen LogP contribution in [0, 0.1) is 13.8 Å². The van der Waals surface area contributed by atoms with Gasteiger partial charge in [0.15, 0.2) is 11.9 Å². The Morgan fingerprint density at radius 1 is 1.19 bits per heavy atom. The van der Waals surface area contributed by atoms with Crippen LogP contribution in [0.15, 0.2) is 29.1 Å². The Morgan fingerprint density at radius 2 is 1.84 bits per heavy atom. The fourth-order valence-corrected chi connectivity index (χ4v) is 4.17. The lowest BCUT2D eigenvalue weighted by Gasteiger charge is -2.19. The number of hydrogen-bond acceptors (Lipinski definition) is 6. The number of esters is 1. The van der Waals surface area contributed by atoms with Crippen molar-refractivity contribution in [3.63, 3.8) is 0 Å². The number of nitrogens with one attached hydrogen (secondary N) is 2. The molecule has 0 fully saturated rings. The highest BCUT2D eigenvalue weighted by atomic mass is 32.1. The first-order chi connectivity index (χ1) is 14.5. The van der Waals surface area contributed by atoms with Crippen LogP contribution in [0.5, 0.6) is 0 Å². The molecule has 1 unspecified atom stereocenters. The third-order valence-electron chi connectivity index (χ3n) is 5.16. The van der Waals surface area contributed by atoms with E-state index in [2.05, 4.69) is 36.1 Å². The molecule has 0 spiro atoms. The number of aromatic nitrogens is 2. The molecule has 3 aromatic rings. The van der Waals surface area contributed by atoms with Crippen LogP contribution >= 0.6 is 11.3 Å². The predicted molar refractivity (Wildman–Crippen MR) is 122 cm³/mol. The van der Waals surface area contributed by atoms with Gasteiger partial charge in [-0.15, -0.1) is 11.3 Å². The summed E-state index contributed by atoms with van der Waals surface area (Å²) in [6.07, 6.45) is -0.754. The van der Waals surface area contributed by atoms with E-state index >= 15 is 0 Å². The first kappa shape index (κ1) is 22.7. The van der Waals surface area contributed by atoms with Crippen LogP contribution in [0.25, 0.3) is 10.2 Å². The maximum absolute atomic E-state index is 12.4. The van der Waals surface area contributed by atoms with Gasteiger partial charge < -0.3 is 15.0 Å². The number of nitrogens with zero attached hydrogens (tertiary/aromatic N) is 1. The minimum Gasteiger partial charge on any atom is -0.453 e. The molecular formula is C23H27N3O4S. The number of ether oxygens (including phenoxy) is 1. The van der Waals surface area contributed by atoms with Crippen LogP contribution in [0.3, 0.4) is 0 Å². The van der Waals surface area contributed by atoms with E-state index in [1.54, 1.807) is 19.1 Å². The Morgan fingerprint density at radius 3 is 2.45 bits per heavy atom. The number of aryl methyl sites for hydroxylation is 2. The van der Waals surface area contributed by atoms with Crippen molar-refractivity contribution in [3.8, 4) is 0 Å². The third-order valence-corrected chi connectivity index (χ3v) is 6.26. The van der Waals surface area contributed by atoms with E-state index in [0.717, 1.165) is 16.0 Å². The Balaban J connectivity index is 1.61. The average molecular weight is 442 g/mol. The molecular weight excluding hydrogens is 414 g/mol. The second-order valence-corrected chi connectivity index (χ2v) is 9.76. The average Bonchev–Trinajstić information content (AvgIpc) is 2.99. The van der Waals surface area contributed by atoms with Gasteiger partial charge in [-0.05, 0) is 49.4 Å². The molecule has 8 heteroatoms. The zero-order valence-corrected chi connectivity index (χ0v) is 19.4. The van der Waals surface area contributed by atoms with Gasteiger partial charge in [0.1, 0.15) is 11.4 Å². The zero-order valence-electron chi connectivity index (χ0n) is 18.6. The van der Waals surface area contributed by atoms with Gasteiger partial charge in [-0.25, -0.2) is 4.98 Å². The van der Waals surface area contributed by atoms with Gasteiger partial charge in [-0.2, -0.15) is 0 Å². The molecule has 0 radical (unpaired) electrons. The number of amides is 1. The normalized spacial score (nSPS) is 12.6. The van der Waals surface area contributed by atoms with Crippen LogP contribution in [0.4, 0.5) is 0 Å². The molecule has 31 heavy (non-hydrogen) atoms. The molecule has 164 valence electrons. The summed E-state index contributed by atoms with van der Waals surface area (Å²) in [5, 5.41) is 3.13. The van der Waals surface area contributed by atoms with Gasteiger partial charge in [0, 0.05) is 10.4 Å². The number of carbonyl (C=O) groups is 2. The van der Waals surface area contributed by atoms with Crippen LogP contribution in [-0.2, 0) is 14.9 Å². The summed E-state index contributed by atoms with van der Waals surface area (Å²) in [5.41, 5.74) is 2.23. The molecule has 3 rings (SSSR count). The van der Waals surface area contributed by atoms with Crippen LogP contribution in [0.2, 0.25) is 0 Å². The van der Waals surface area contributed by atoms with Gasteiger partial charge in [-0.3, -0.25) is 14.4 Å². The number of rotatable bonds is 5. The van der Waals surface area contributed by atoms with Crippen molar-refractivity contribution < 1.29 is 14.3 Å². The zero-order chi connectivity index (χ0) is 22.9. The number of H-pyrrole nitrogens is 1. The van der Waals surface area contributed by atoms with E-state index < -0.39 is 12.1 Å². The van der Waals surface area contributed by atoms with E-state index in [1.165, 1.54) is 11.3 Å². The molecule has 0 aliphatic rings. The van der Waals surface area contributed by atoms with Crippen molar-refractivity contribution in [1.82, 2.24) is 15.3 Å². The molecule has 1 aromatic carbocycles. The maximum Gasteiger partial charge on any atom is 0.326 e. The number of carbonyl (C=O) groups excluding carboxylic acids is 2. The molecule has 1 amide bonds. The molecule has 7 nitrogen and oxygen atoms in total. The van der Waals surface area contributed by atoms with Crippen molar-refractivity contribution in [2.75, 3.05) is 6.54 Å². The Hall–Kier alpha value is -3.00. The molecule has 2 heterocycles. The molecule has 2 aromatic heterocycles. The summed E-state index contributed by atoms with van der Waals surface area (Å²) in [7, 11) is 0. The monoisotopic (exact) mass is 441 g/mol. The second-order valence-electron chi connectivity index (χ2n) is 8.56. The van der Waals surface area contributed by atoms with Gasteiger partial charge >= 0.3 is 5.97 Å². The molecule has 0 aliphatic carbocycles. The smallest absolute Gasteiger partial charge is 0.326 e. The van der Waals surface area contributed by atoms with Crippen LogP contribution in [-0.4, -0.2) is 28.4 Å². The number of thiophene rings is 1. The molecule has 0 bridgehead atoms. The first-order valence-electron chi connectivity index (χ1n) is 10.1. The summed E-state index contributed by atoms with van der Waals surface area (Å²) in [6.45, 7) is 11.5. The minimum absolute atomic E-state index is 0.00647. The maximum atomic E-state index is 12.4. The first-order valence-corrected chi connectivity index (χ1v) is 10.9. The Kier molecular flexibility index (Phi) is 6.31. The molecule has 0 saturated carbocycles. The lowest BCUT2D eigenvalue weighted by Crippen LogP contribution is -2.31. The van der Waals surface area contributed by atoms with Crippen molar-refractivity contribution in [1.29, 1.82) is 0 Å². The fraction of sp³-hybridized carbons (Fsp3) is 0.391. The fourth-order valence-electron chi connectivity index (χ4n) is 3.13. The van der Waals surface area contributed by atoms with E-state index in [1.807, 2.05) is 26.0 Å². The summed E-state index contributed by atoms with van der Waals surface area (Å²) in [4.78, 5) is 45.7. The number of fused-ring (bicyclic) bond motifs is 1.